The van der Waals surface area contributed by atoms with E-state index >= 15 is 0 Å². The molecular weight excluding hydrogens is 266 g/mol. The Hall–Kier alpha value is -0.990. The second-order valence-electron chi connectivity index (χ2n) is 5.00. The Bertz CT molecular complexity index is 513. The first-order valence-electron chi connectivity index (χ1n) is 6.51. The van der Waals surface area contributed by atoms with Crippen molar-refractivity contribution in [1.82, 2.24) is 24.4 Å². The van der Waals surface area contributed by atoms with Gasteiger partial charge in [-0.2, -0.15) is 5.10 Å². The molecule has 2 heterocycles. The molecule has 1 aliphatic heterocycles. The lowest BCUT2D eigenvalue weighted by molar-refractivity contribution is 0.301. The highest BCUT2D eigenvalue weighted by Crippen LogP contribution is 2.17. The van der Waals surface area contributed by atoms with E-state index in [4.69, 9.17) is 0 Å². The molecule has 0 amide bonds. The summed E-state index contributed by atoms with van der Waals surface area (Å²) in [5, 5.41) is 4.15. The largest absolute Gasteiger partial charge is 0.296 e. The van der Waals surface area contributed by atoms with Crippen LogP contribution in [0.1, 0.15) is 19.2 Å². The summed E-state index contributed by atoms with van der Waals surface area (Å²) < 4.78 is 26.6. The van der Waals surface area contributed by atoms with E-state index in [9.17, 15) is 8.42 Å². The Morgan fingerprint density at radius 3 is 3.00 bits per heavy atom. The van der Waals surface area contributed by atoms with Crippen molar-refractivity contribution in [2.75, 3.05) is 25.9 Å². The summed E-state index contributed by atoms with van der Waals surface area (Å²) in [4.78, 5) is 6.56. The van der Waals surface area contributed by atoms with Crippen molar-refractivity contribution in [1.29, 1.82) is 0 Å². The predicted octanol–water partition coefficient (Wildman–Crippen LogP) is -0.331. The molecule has 1 fully saturated rings. The smallest absolute Gasteiger partial charge is 0.208 e. The molecule has 1 aliphatic rings. The molecule has 1 saturated heterocycles. The zero-order chi connectivity index (χ0) is 13.9. The molecule has 1 N–H and O–H groups in total. The standard InChI is InChI=1S/C11H21N5O2S/c1-3-16-11(12-9-13-16)8-15-5-4-10(7-15)6-14-19(2,17)18/h9-10,14H,3-8H2,1-2H3. The summed E-state index contributed by atoms with van der Waals surface area (Å²) in [5.41, 5.74) is 0. The van der Waals surface area contributed by atoms with E-state index < -0.39 is 10.0 Å². The van der Waals surface area contributed by atoms with Gasteiger partial charge in [0.2, 0.25) is 10.0 Å². The molecule has 1 atom stereocenters. The van der Waals surface area contributed by atoms with E-state index in [0.717, 1.165) is 38.4 Å². The maximum Gasteiger partial charge on any atom is 0.208 e. The van der Waals surface area contributed by atoms with Crippen molar-refractivity contribution in [2.24, 2.45) is 5.92 Å². The number of hydrogen-bond donors (Lipinski definition) is 1. The van der Waals surface area contributed by atoms with E-state index in [-0.39, 0.29) is 0 Å². The highest BCUT2D eigenvalue weighted by Gasteiger charge is 2.24. The van der Waals surface area contributed by atoms with Crippen molar-refractivity contribution in [3.8, 4) is 0 Å². The van der Waals surface area contributed by atoms with Crippen molar-refractivity contribution in [3.63, 3.8) is 0 Å². The molecule has 0 aromatic carbocycles. The number of sulfonamides is 1. The Labute approximate surface area is 114 Å². The molecule has 0 bridgehead atoms. The molecule has 0 radical (unpaired) electrons. The molecule has 1 aromatic heterocycles. The molecule has 7 nitrogen and oxygen atoms in total. The number of likely N-dealkylation sites (tertiary alicyclic amines) is 1. The van der Waals surface area contributed by atoms with Gasteiger partial charge in [0.05, 0.1) is 12.8 Å². The molecule has 108 valence electrons. The average molecular weight is 287 g/mol. The van der Waals surface area contributed by atoms with Gasteiger partial charge in [0.15, 0.2) is 0 Å². The van der Waals surface area contributed by atoms with Gasteiger partial charge in [-0.1, -0.05) is 0 Å². The third-order valence-electron chi connectivity index (χ3n) is 3.36. The van der Waals surface area contributed by atoms with Crippen molar-refractivity contribution in [2.45, 2.75) is 26.4 Å². The second kappa shape index (κ2) is 5.98. The van der Waals surface area contributed by atoms with Gasteiger partial charge in [-0.25, -0.2) is 22.8 Å². The Kier molecular flexibility index (Phi) is 4.54. The molecule has 0 saturated carbocycles. The fourth-order valence-corrected chi connectivity index (χ4v) is 2.91. The van der Waals surface area contributed by atoms with Crippen molar-refractivity contribution >= 4 is 10.0 Å². The minimum Gasteiger partial charge on any atom is -0.296 e. The van der Waals surface area contributed by atoms with Gasteiger partial charge < -0.3 is 0 Å². The van der Waals surface area contributed by atoms with Crippen LogP contribution in [0.4, 0.5) is 0 Å². The van der Waals surface area contributed by atoms with Crippen LogP contribution in [0.3, 0.4) is 0 Å². The van der Waals surface area contributed by atoms with Crippen LogP contribution >= 0.6 is 0 Å². The van der Waals surface area contributed by atoms with E-state index in [1.54, 1.807) is 6.33 Å². The highest BCUT2D eigenvalue weighted by atomic mass is 32.2. The van der Waals surface area contributed by atoms with Gasteiger partial charge in [0, 0.05) is 19.6 Å². The first-order chi connectivity index (χ1) is 8.98. The predicted molar refractivity (Wildman–Crippen MR) is 71.9 cm³/mol. The van der Waals surface area contributed by atoms with Crippen LogP contribution in [-0.2, 0) is 23.1 Å². The van der Waals surface area contributed by atoms with E-state index in [1.807, 2.05) is 11.6 Å². The SMILES string of the molecule is CCn1ncnc1CN1CCC(CNS(C)(=O)=O)C1. The molecular formula is C11H21N5O2S. The summed E-state index contributed by atoms with van der Waals surface area (Å²) in [5.74, 6) is 1.35. The Balaban J connectivity index is 1.82. The molecule has 8 heteroatoms. The normalized spacial score (nSPS) is 21.1. The number of aromatic nitrogens is 3. The number of nitrogens with zero attached hydrogens (tertiary/aromatic N) is 4. The quantitative estimate of drug-likeness (QED) is 0.775. The second-order valence-corrected chi connectivity index (χ2v) is 6.84. The lowest BCUT2D eigenvalue weighted by Crippen LogP contribution is -2.30. The third-order valence-corrected chi connectivity index (χ3v) is 4.06. The fraction of sp³-hybridized carbons (Fsp3) is 0.818. The summed E-state index contributed by atoms with van der Waals surface area (Å²) in [6.07, 6.45) is 3.80. The molecule has 2 rings (SSSR count). The topological polar surface area (TPSA) is 80.1 Å². The van der Waals surface area contributed by atoms with Gasteiger partial charge in [-0.15, -0.1) is 0 Å². The van der Waals surface area contributed by atoms with Gasteiger partial charge in [0.25, 0.3) is 0 Å². The maximum atomic E-state index is 11.1. The van der Waals surface area contributed by atoms with Gasteiger partial charge in [-0.3, -0.25) is 4.90 Å². The highest BCUT2D eigenvalue weighted by molar-refractivity contribution is 7.88. The van der Waals surface area contributed by atoms with Crippen LogP contribution in [0.15, 0.2) is 6.33 Å². The van der Waals surface area contributed by atoms with Gasteiger partial charge >= 0.3 is 0 Å². The van der Waals surface area contributed by atoms with Gasteiger partial charge in [0.1, 0.15) is 12.2 Å². The van der Waals surface area contributed by atoms with Crippen LogP contribution in [0.25, 0.3) is 0 Å². The first kappa shape index (κ1) is 14.4. The summed E-state index contributed by atoms with van der Waals surface area (Å²) in [7, 11) is -3.08. The molecule has 1 unspecified atom stereocenters. The van der Waals surface area contributed by atoms with Crippen LogP contribution < -0.4 is 4.72 Å². The van der Waals surface area contributed by atoms with E-state index in [2.05, 4.69) is 19.7 Å². The molecule has 1 aromatic rings. The monoisotopic (exact) mass is 287 g/mol. The zero-order valence-electron chi connectivity index (χ0n) is 11.4. The van der Waals surface area contributed by atoms with E-state index in [0.29, 0.717) is 12.5 Å². The fourth-order valence-electron chi connectivity index (χ4n) is 2.37. The van der Waals surface area contributed by atoms with E-state index in [1.165, 1.54) is 6.26 Å². The summed E-state index contributed by atoms with van der Waals surface area (Å²) in [6.45, 7) is 6.05. The Morgan fingerprint density at radius 2 is 2.32 bits per heavy atom. The van der Waals surface area contributed by atoms with Crippen LogP contribution in [0.2, 0.25) is 0 Å². The third kappa shape index (κ3) is 4.26. The van der Waals surface area contributed by atoms with Crippen molar-refractivity contribution < 1.29 is 8.42 Å². The average Bonchev–Trinajstić information content (AvgIpc) is 2.95. The number of nitrogens with one attached hydrogen (secondary N) is 1. The van der Waals surface area contributed by atoms with Crippen LogP contribution in [0, 0.1) is 5.92 Å². The number of hydrogen-bond acceptors (Lipinski definition) is 5. The maximum absolute atomic E-state index is 11.1. The minimum absolute atomic E-state index is 0.382. The summed E-state index contributed by atoms with van der Waals surface area (Å²) >= 11 is 0. The molecule has 0 spiro atoms. The number of aryl methyl sites for hydroxylation is 1. The van der Waals surface area contributed by atoms with Crippen molar-refractivity contribution in [3.05, 3.63) is 12.2 Å². The Morgan fingerprint density at radius 1 is 1.53 bits per heavy atom. The lowest BCUT2D eigenvalue weighted by atomic mass is 10.1. The lowest BCUT2D eigenvalue weighted by Gasteiger charge is -2.15. The molecule has 0 aliphatic carbocycles. The summed E-state index contributed by atoms with van der Waals surface area (Å²) in [6, 6.07) is 0. The van der Waals surface area contributed by atoms with Crippen LogP contribution in [0.5, 0.6) is 0 Å². The van der Waals surface area contributed by atoms with Gasteiger partial charge in [-0.05, 0) is 25.8 Å². The molecule has 19 heavy (non-hydrogen) atoms. The minimum atomic E-state index is -3.08. The first-order valence-corrected chi connectivity index (χ1v) is 8.40. The number of rotatable bonds is 6. The zero-order valence-corrected chi connectivity index (χ0v) is 12.2. The van der Waals surface area contributed by atoms with Crippen LogP contribution in [-0.4, -0.2) is 54.0 Å².